The topological polar surface area (TPSA) is 116 Å². The van der Waals surface area contributed by atoms with Crippen molar-refractivity contribution < 1.29 is 39.1 Å². The molecule has 1 unspecified atom stereocenters. The summed E-state index contributed by atoms with van der Waals surface area (Å²) in [7, 11) is 0. The second kappa shape index (κ2) is 5.71. The van der Waals surface area contributed by atoms with Crippen LogP contribution in [0.4, 0.5) is 4.39 Å². The number of carboxylic acid groups (broad SMARTS) is 1. The van der Waals surface area contributed by atoms with Crippen molar-refractivity contribution in [2.75, 3.05) is 0 Å². The van der Waals surface area contributed by atoms with Gasteiger partial charge in [0.1, 0.15) is 29.9 Å². The fourth-order valence-corrected chi connectivity index (χ4v) is 1.80. The summed E-state index contributed by atoms with van der Waals surface area (Å²) in [6.07, 6.45) is -8.41. The molecule has 0 spiro atoms. The zero-order chi connectivity index (χ0) is 14.9. The van der Waals surface area contributed by atoms with Gasteiger partial charge in [-0.25, -0.2) is 9.18 Å². The van der Waals surface area contributed by atoms with E-state index in [2.05, 4.69) is 0 Å². The van der Waals surface area contributed by atoms with Crippen molar-refractivity contribution >= 4 is 5.97 Å². The summed E-state index contributed by atoms with van der Waals surface area (Å²) in [6, 6.07) is 4.70. The third-order valence-corrected chi connectivity index (χ3v) is 2.88. The maximum Gasteiger partial charge on any atom is 0.335 e. The van der Waals surface area contributed by atoms with Crippen molar-refractivity contribution in [1.82, 2.24) is 0 Å². The van der Waals surface area contributed by atoms with Crippen molar-refractivity contribution in [3.05, 3.63) is 30.1 Å². The second-order valence-corrected chi connectivity index (χ2v) is 4.31. The Morgan fingerprint density at radius 2 is 1.70 bits per heavy atom. The third kappa shape index (κ3) is 2.88. The van der Waals surface area contributed by atoms with E-state index in [-0.39, 0.29) is 5.75 Å². The fraction of sp³-hybridized carbons (Fsp3) is 0.417. The highest BCUT2D eigenvalue weighted by Crippen LogP contribution is 2.24. The lowest BCUT2D eigenvalue weighted by Gasteiger charge is -2.38. The Kier molecular flexibility index (Phi) is 4.19. The van der Waals surface area contributed by atoms with Gasteiger partial charge in [-0.3, -0.25) is 0 Å². The molecule has 0 saturated carbocycles. The molecule has 5 atom stereocenters. The smallest absolute Gasteiger partial charge is 0.335 e. The molecular weight excluding hydrogens is 275 g/mol. The van der Waals surface area contributed by atoms with E-state index >= 15 is 0 Å². The highest BCUT2D eigenvalue weighted by molar-refractivity contribution is 5.73. The van der Waals surface area contributed by atoms with Gasteiger partial charge in [-0.05, 0) is 24.3 Å². The minimum Gasteiger partial charge on any atom is -0.479 e. The zero-order valence-corrected chi connectivity index (χ0v) is 10.1. The van der Waals surface area contributed by atoms with E-state index in [1.54, 1.807) is 0 Å². The van der Waals surface area contributed by atoms with E-state index in [1.165, 1.54) is 12.1 Å². The van der Waals surface area contributed by atoms with E-state index in [1.807, 2.05) is 0 Å². The minimum atomic E-state index is -1.78. The fourth-order valence-electron chi connectivity index (χ4n) is 1.80. The molecule has 1 fully saturated rings. The van der Waals surface area contributed by atoms with Gasteiger partial charge in [0.25, 0.3) is 0 Å². The molecule has 1 heterocycles. The Morgan fingerprint density at radius 3 is 2.25 bits per heavy atom. The summed E-state index contributed by atoms with van der Waals surface area (Å²) in [4.78, 5) is 10.9. The van der Waals surface area contributed by atoms with Gasteiger partial charge in [-0.15, -0.1) is 0 Å². The van der Waals surface area contributed by atoms with Crippen LogP contribution in [0.3, 0.4) is 0 Å². The molecule has 0 aromatic heterocycles. The number of carboxylic acids is 1. The highest BCUT2D eigenvalue weighted by Gasteiger charge is 2.48. The van der Waals surface area contributed by atoms with Gasteiger partial charge in [0.05, 0.1) is 0 Å². The van der Waals surface area contributed by atoms with Crippen molar-refractivity contribution in [2.45, 2.75) is 30.7 Å². The molecule has 1 aromatic carbocycles. The number of halogens is 1. The van der Waals surface area contributed by atoms with E-state index in [9.17, 15) is 24.5 Å². The summed E-state index contributed by atoms with van der Waals surface area (Å²) in [5, 5.41) is 37.6. The summed E-state index contributed by atoms with van der Waals surface area (Å²) < 4.78 is 22.8. The summed E-state index contributed by atoms with van der Waals surface area (Å²) in [6.45, 7) is 0. The predicted molar refractivity (Wildman–Crippen MR) is 61.3 cm³/mol. The predicted octanol–water partition coefficient (Wildman–Crippen LogP) is -0.903. The molecule has 1 aromatic rings. The monoisotopic (exact) mass is 288 g/mol. The molecule has 1 saturated heterocycles. The Hall–Kier alpha value is -1.74. The van der Waals surface area contributed by atoms with Crippen LogP contribution in [0.1, 0.15) is 0 Å². The first-order valence-electron chi connectivity index (χ1n) is 5.75. The normalized spacial score (nSPS) is 33.7. The largest absolute Gasteiger partial charge is 0.479 e. The van der Waals surface area contributed by atoms with Gasteiger partial charge in [0.2, 0.25) is 6.29 Å². The number of benzene rings is 1. The Morgan fingerprint density at radius 1 is 1.10 bits per heavy atom. The standard InChI is InChI=1S/C12H13FO7/c13-5-1-3-6(4-2-5)19-12-9(16)7(14)8(15)10(20-12)11(17)18/h1-4,7-10,12,14-16H,(H,17,18)/t7-,8-,9+,10-,12?/m0/s1. The number of ether oxygens (including phenoxy) is 2. The molecular formula is C12H13FO7. The van der Waals surface area contributed by atoms with Gasteiger partial charge in [-0.1, -0.05) is 0 Å². The number of hydrogen-bond donors (Lipinski definition) is 4. The first-order chi connectivity index (χ1) is 9.40. The van der Waals surface area contributed by atoms with Crippen molar-refractivity contribution in [3.8, 4) is 5.75 Å². The van der Waals surface area contributed by atoms with Crippen LogP contribution in [-0.2, 0) is 9.53 Å². The number of aliphatic hydroxyl groups is 3. The lowest BCUT2D eigenvalue weighted by molar-refractivity contribution is -0.271. The maximum absolute atomic E-state index is 12.7. The van der Waals surface area contributed by atoms with Crippen LogP contribution in [-0.4, -0.2) is 57.1 Å². The molecule has 0 aliphatic carbocycles. The quantitative estimate of drug-likeness (QED) is 0.569. The Labute approximate surface area is 112 Å². The molecule has 2 rings (SSSR count). The van der Waals surface area contributed by atoms with E-state index in [0.717, 1.165) is 12.1 Å². The van der Waals surface area contributed by atoms with Crippen LogP contribution in [0, 0.1) is 5.82 Å². The molecule has 7 nitrogen and oxygen atoms in total. The molecule has 0 amide bonds. The summed E-state index contributed by atoms with van der Waals surface area (Å²) >= 11 is 0. The average molecular weight is 288 g/mol. The van der Waals surface area contributed by atoms with E-state index < -0.39 is 42.5 Å². The first kappa shape index (κ1) is 14.7. The lowest BCUT2D eigenvalue weighted by atomic mass is 9.99. The first-order valence-corrected chi connectivity index (χ1v) is 5.75. The van der Waals surface area contributed by atoms with Crippen LogP contribution < -0.4 is 4.74 Å². The van der Waals surface area contributed by atoms with Crippen LogP contribution in [0.2, 0.25) is 0 Å². The summed E-state index contributed by atoms with van der Waals surface area (Å²) in [5.41, 5.74) is 0. The van der Waals surface area contributed by atoms with Crippen molar-refractivity contribution in [1.29, 1.82) is 0 Å². The van der Waals surface area contributed by atoms with Gasteiger partial charge in [0, 0.05) is 0 Å². The molecule has 8 heteroatoms. The Balaban J connectivity index is 2.13. The molecule has 4 N–H and O–H groups in total. The molecule has 0 radical (unpaired) electrons. The van der Waals surface area contributed by atoms with Crippen LogP contribution >= 0.6 is 0 Å². The van der Waals surface area contributed by atoms with Crippen molar-refractivity contribution in [3.63, 3.8) is 0 Å². The molecule has 1 aliphatic heterocycles. The number of aliphatic carboxylic acids is 1. The maximum atomic E-state index is 12.7. The molecule has 1 aliphatic rings. The van der Waals surface area contributed by atoms with E-state index in [0.29, 0.717) is 0 Å². The third-order valence-electron chi connectivity index (χ3n) is 2.88. The van der Waals surface area contributed by atoms with Crippen LogP contribution in [0.15, 0.2) is 24.3 Å². The van der Waals surface area contributed by atoms with Gasteiger partial charge in [-0.2, -0.15) is 0 Å². The number of aliphatic hydroxyl groups excluding tert-OH is 3. The summed E-state index contributed by atoms with van der Waals surface area (Å²) in [5.74, 6) is -1.89. The minimum absolute atomic E-state index is 0.114. The lowest BCUT2D eigenvalue weighted by Crippen LogP contribution is -2.61. The SMILES string of the molecule is O=C(O)[C@H]1OC(Oc2ccc(F)cc2)[C@H](O)[C@@H](O)[C@@H]1O. The molecule has 110 valence electrons. The van der Waals surface area contributed by atoms with Gasteiger partial charge < -0.3 is 29.9 Å². The zero-order valence-electron chi connectivity index (χ0n) is 10.1. The highest BCUT2D eigenvalue weighted by atomic mass is 19.1. The molecule has 20 heavy (non-hydrogen) atoms. The number of carbonyl (C=O) groups is 1. The van der Waals surface area contributed by atoms with Crippen LogP contribution in [0.25, 0.3) is 0 Å². The number of rotatable bonds is 3. The van der Waals surface area contributed by atoms with Crippen LogP contribution in [0.5, 0.6) is 5.75 Å². The Bertz CT molecular complexity index is 477. The van der Waals surface area contributed by atoms with Crippen molar-refractivity contribution in [2.24, 2.45) is 0 Å². The molecule has 0 bridgehead atoms. The van der Waals surface area contributed by atoms with Gasteiger partial charge >= 0.3 is 5.97 Å². The number of hydrogen-bond acceptors (Lipinski definition) is 6. The average Bonchev–Trinajstić information content (AvgIpc) is 2.41. The van der Waals surface area contributed by atoms with Gasteiger partial charge in [0.15, 0.2) is 6.10 Å². The second-order valence-electron chi connectivity index (χ2n) is 4.31. The van der Waals surface area contributed by atoms with E-state index in [4.69, 9.17) is 14.6 Å².